The highest BCUT2D eigenvalue weighted by molar-refractivity contribution is 6.89. The number of anilines is 1. The number of hydrogen-bond donors (Lipinski definition) is 2. The monoisotopic (exact) mass is 404 g/mol. The van der Waals surface area contributed by atoms with Gasteiger partial charge < -0.3 is 15.4 Å². The lowest BCUT2D eigenvalue weighted by molar-refractivity contribution is -0.118. The topological polar surface area (TPSA) is 50.4 Å². The van der Waals surface area contributed by atoms with Crippen LogP contribution in [0.4, 0.5) is 14.5 Å². The van der Waals surface area contributed by atoms with E-state index in [2.05, 4.69) is 10.6 Å². The molecule has 2 N–H and O–H groups in total. The van der Waals surface area contributed by atoms with E-state index in [0.29, 0.717) is 6.54 Å². The number of ether oxygens (including phenoxy) is 1. The van der Waals surface area contributed by atoms with Crippen LogP contribution in [0.1, 0.15) is 24.1 Å². The average molecular weight is 405 g/mol. The van der Waals surface area contributed by atoms with Gasteiger partial charge in [0.2, 0.25) is 5.91 Å². The summed E-state index contributed by atoms with van der Waals surface area (Å²) in [6, 6.07) is 8.17. The van der Waals surface area contributed by atoms with Gasteiger partial charge in [-0.2, -0.15) is 0 Å². The first-order chi connectivity index (χ1) is 13.3. The van der Waals surface area contributed by atoms with E-state index in [4.69, 9.17) is 4.74 Å². The third kappa shape index (κ3) is 3.95. The van der Waals surface area contributed by atoms with Gasteiger partial charge in [0.05, 0.1) is 15.2 Å². The molecule has 1 atom stereocenters. The van der Waals surface area contributed by atoms with Crippen LogP contribution in [0.2, 0.25) is 19.1 Å². The van der Waals surface area contributed by atoms with E-state index in [1.807, 2.05) is 32.2 Å². The highest BCUT2D eigenvalue weighted by Gasteiger charge is 2.30. The van der Waals surface area contributed by atoms with Crippen LogP contribution in [0.3, 0.4) is 0 Å². The van der Waals surface area contributed by atoms with Gasteiger partial charge >= 0.3 is 0 Å². The summed E-state index contributed by atoms with van der Waals surface area (Å²) in [6.07, 6.45) is 0.783. The van der Waals surface area contributed by atoms with Crippen molar-refractivity contribution in [2.75, 3.05) is 19.0 Å². The maximum absolute atomic E-state index is 14.6. The Morgan fingerprint density at radius 2 is 1.93 bits per heavy atom. The van der Waals surface area contributed by atoms with Crippen LogP contribution in [-0.2, 0) is 11.2 Å². The highest BCUT2D eigenvalue weighted by atomic mass is 28.3. The molecule has 0 aromatic heterocycles. The Bertz CT molecular complexity index is 879. The summed E-state index contributed by atoms with van der Waals surface area (Å²) in [5.74, 6) is -0.780. The van der Waals surface area contributed by atoms with Crippen LogP contribution in [0.5, 0.6) is 5.75 Å². The summed E-state index contributed by atoms with van der Waals surface area (Å²) in [4.78, 5) is 12.8. The van der Waals surface area contributed by atoms with Crippen LogP contribution >= 0.6 is 0 Å². The molecule has 1 aliphatic heterocycles. The van der Waals surface area contributed by atoms with Crippen molar-refractivity contribution in [2.24, 2.45) is 0 Å². The van der Waals surface area contributed by atoms with Gasteiger partial charge in [-0.3, -0.25) is 4.79 Å². The molecule has 0 saturated carbocycles. The zero-order valence-electron chi connectivity index (χ0n) is 16.7. The summed E-state index contributed by atoms with van der Waals surface area (Å²) < 4.78 is 34.5. The van der Waals surface area contributed by atoms with Crippen LogP contribution in [0, 0.1) is 11.6 Å². The molecule has 150 valence electrons. The Morgan fingerprint density at radius 1 is 1.25 bits per heavy atom. The first-order valence-electron chi connectivity index (χ1n) is 9.47. The van der Waals surface area contributed by atoms with Gasteiger partial charge in [-0.05, 0) is 41.8 Å². The number of fused-ring (bicyclic) bond motifs is 1. The minimum Gasteiger partial charge on any atom is -0.497 e. The quantitative estimate of drug-likeness (QED) is 0.747. The van der Waals surface area contributed by atoms with Crippen LogP contribution in [-0.4, -0.2) is 27.6 Å². The zero-order valence-corrected chi connectivity index (χ0v) is 17.7. The molecule has 0 bridgehead atoms. The summed E-state index contributed by atoms with van der Waals surface area (Å²) in [7, 11) is -0.581. The molecule has 1 heterocycles. The first kappa shape index (κ1) is 20.5. The van der Waals surface area contributed by atoms with E-state index in [1.165, 1.54) is 12.1 Å². The van der Waals surface area contributed by atoms with Gasteiger partial charge in [-0.1, -0.05) is 32.1 Å². The molecule has 0 aliphatic carbocycles. The molecule has 2 aromatic carbocycles. The molecule has 1 aliphatic rings. The van der Waals surface area contributed by atoms with E-state index in [9.17, 15) is 13.6 Å². The van der Waals surface area contributed by atoms with Gasteiger partial charge in [0, 0.05) is 17.4 Å². The second-order valence-corrected chi connectivity index (χ2v) is 12.7. The summed E-state index contributed by atoms with van der Waals surface area (Å²) in [5, 5.41) is 6.02. The summed E-state index contributed by atoms with van der Waals surface area (Å²) >= 11 is 0. The molecule has 3 rings (SSSR count). The number of methoxy groups -OCH3 is 1. The fourth-order valence-corrected chi connectivity index (χ4v) is 5.38. The maximum atomic E-state index is 14.6. The molecule has 28 heavy (non-hydrogen) atoms. The number of amides is 1. The van der Waals surface area contributed by atoms with Gasteiger partial charge in [0.1, 0.15) is 23.4 Å². The summed E-state index contributed by atoms with van der Waals surface area (Å²) in [6.45, 7) is 6.45. The second-order valence-electron chi connectivity index (χ2n) is 7.74. The van der Waals surface area contributed by atoms with Crippen molar-refractivity contribution in [1.29, 1.82) is 0 Å². The maximum Gasteiger partial charge on any atom is 0.246 e. The predicted octanol–water partition coefficient (Wildman–Crippen LogP) is 3.73. The summed E-state index contributed by atoms with van der Waals surface area (Å²) in [5.41, 5.74) is 2.01. The van der Waals surface area contributed by atoms with Crippen molar-refractivity contribution in [3.05, 3.63) is 53.1 Å². The Morgan fingerprint density at radius 3 is 2.54 bits per heavy atom. The number of halogens is 2. The second kappa shape index (κ2) is 8.01. The van der Waals surface area contributed by atoms with Crippen LogP contribution in [0.25, 0.3) is 0 Å². The van der Waals surface area contributed by atoms with Crippen molar-refractivity contribution in [3.63, 3.8) is 0 Å². The fraction of sp³-hybridized carbons (Fsp3) is 0.381. The first-order valence-corrected chi connectivity index (χ1v) is 12.7. The van der Waals surface area contributed by atoms with Crippen molar-refractivity contribution in [1.82, 2.24) is 5.32 Å². The third-order valence-electron chi connectivity index (χ3n) is 5.54. The molecular formula is C21H26F2N2O2Si. The van der Waals surface area contributed by atoms with Gasteiger partial charge in [-0.25, -0.2) is 8.78 Å². The number of carbonyl (C=O) groups excluding carboxylic acids is 1. The van der Waals surface area contributed by atoms with Crippen LogP contribution < -0.4 is 20.6 Å². The minimum absolute atomic E-state index is 0.132. The normalized spacial score (nSPS) is 16.4. The highest BCUT2D eigenvalue weighted by Crippen LogP contribution is 2.28. The van der Waals surface area contributed by atoms with E-state index >= 15 is 0 Å². The number of carbonyl (C=O) groups is 1. The number of nitrogens with one attached hydrogen (secondary N) is 2. The van der Waals surface area contributed by atoms with E-state index in [0.717, 1.165) is 29.3 Å². The molecule has 0 fully saturated rings. The van der Waals surface area contributed by atoms with Crippen molar-refractivity contribution in [2.45, 2.75) is 38.5 Å². The lowest BCUT2D eigenvalue weighted by Gasteiger charge is -2.27. The molecule has 4 nitrogen and oxygen atoms in total. The Kier molecular flexibility index (Phi) is 5.86. The average Bonchev–Trinajstić information content (AvgIpc) is 2.66. The molecule has 0 unspecified atom stereocenters. The van der Waals surface area contributed by atoms with Crippen molar-refractivity contribution < 1.29 is 18.3 Å². The number of benzene rings is 2. The fourth-order valence-electron chi connectivity index (χ4n) is 3.59. The van der Waals surface area contributed by atoms with Gasteiger partial charge in [-0.15, -0.1) is 0 Å². The molecule has 0 spiro atoms. The minimum atomic E-state index is -2.18. The number of hydrogen-bond acceptors (Lipinski definition) is 3. The molecule has 0 radical (unpaired) electrons. The Hall–Kier alpha value is -2.25. The van der Waals surface area contributed by atoms with Crippen molar-refractivity contribution in [3.8, 4) is 5.75 Å². The SMILES string of the molecule is CC[Si](C)(C)c1c(F)cc(NC(=O)[C@@H]2NCCc3cc(OC)ccc32)cc1F. The molecule has 7 heteroatoms. The van der Waals surface area contributed by atoms with Crippen LogP contribution in [0.15, 0.2) is 30.3 Å². The number of rotatable bonds is 5. The molecule has 2 aromatic rings. The standard InChI is InChI=1S/C21H26F2N2O2Si/c1-5-28(3,4)20-17(22)11-14(12-18(20)23)25-21(26)19-16-7-6-15(27-2)10-13(16)8-9-24-19/h6-7,10-12,19,24H,5,8-9H2,1-4H3,(H,25,26)/t19-/m1/s1. The van der Waals surface area contributed by atoms with Gasteiger partial charge in [0.25, 0.3) is 0 Å². The molecule has 1 amide bonds. The predicted molar refractivity (Wildman–Crippen MR) is 110 cm³/mol. The van der Waals surface area contributed by atoms with E-state index in [1.54, 1.807) is 13.2 Å². The van der Waals surface area contributed by atoms with Gasteiger partial charge in [0.15, 0.2) is 0 Å². The smallest absolute Gasteiger partial charge is 0.246 e. The Labute approximate surface area is 165 Å². The lowest BCUT2D eigenvalue weighted by atomic mass is 9.93. The van der Waals surface area contributed by atoms with Crippen molar-refractivity contribution >= 4 is 24.9 Å². The largest absolute Gasteiger partial charge is 0.497 e. The molecular weight excluding hydrogens is 378 g/mol. The lowest BCUT2D eigenvalue weighted by Crippen LogP contribution is -2.45. The third-order valence-corrected chi connectivity index (χ3v) is 9.14. The van der Waals surface area contributed by atoms with E-state index in [-0.39, 0.29) is 16.8 Å². The Balaban J connectivity index is 1.85. The van der Waals surface area contributed by atoms with E-state index < -0.39 is 25.8 Å². The molecule has 0 saturated heterocycles. The zero-order chi connectivity index (χ0) is 20.5.